The van der Waals surface area contributed by atoms with E-state index in [1.165, 1.54) is 24.2 Å². The van der Waals surface area contributed by atoms with Crippen LogP contribution in [0, 0.1) is 0 Å². The Labute approximate surface area is 114 Å². The first kappa shape index (κ1) is 12.2. The van der Waals surface area contributed by atoms with Gasteiger partial charge < -0.3 is 9.73 Å². The molecule has 2 aromatic heterocycles. The van der Waals surface area contributed by atoms with Gasteiger partial charge in [0.05, 0.1) is 4.88 Å². The number of rotatable bonds is 3. The van der Waals surface area contributed by atoms with E-state index >= 15 is 0 Å². The molecule has 3 rings (SSSR count). The molecule has 2 aromatic rings. The molecule has 1 fully saturated rings. The van der Waals surface area contributed by atoms with Crippen molar-refractivity contribution in [1.29, 1.82) is 0 Å². The molecule has 0 radical (unpaired) electrons. The van der Waals surface area contributed by atoms with Gasteiger partial charge in [-0.1, -0.05) is 24.0 Å². The SMILES string of the molecule is O=C(Nc1nnc(-c2cccs2)o1)NC1CCCC1. The zero-order chi connectivity index (χ0) is 13.1. The van der Waals surface area contributed by atoms with Gasteiger partial charge in [-0.25, -0.2) is 4.79 Å². The number of hydrogen-bond acceptors (Lipinski definition) is 5. The zero-order valence-corrected chi connectivity index (χ0v) is 11.1. The summed E-state index contributed by atoms with van der Waals surface area (Å²) in [6.07, 6.45) is 4.43. The van der Waals surface area contributed by atoms with E-state index in [9.17, 15) is 4.79 Å². The monoisotopic (exact) mass is 278 g/mol. The van der Waals surface area contributed by atoms with Crippen LogP contribution < -0.4 is 10.6 Å². The number of nitrogens with zero attached hydrogens (tertiary/aromatic N) is 2. The summed E-state index contributed by atoms with van der Waals surface area (Å²) in [5.41, 5.74) is 0. The Morgan fingerprint density at radius 1 is 1.37 bits per heavy atom. The van der Waals surface area contributed by atoms with Crippen molar-refractivity contribution in [3.8, 4) is 10.8 Å². The number of carbonyl (C=O) groups excluding carboxylic acids is 1. The lowest BCUT2D eigenvalue weighted by atomic mass is 10.3. The van der Waals surface area contributed by atoms with Crippen LogP contribution >= 0.6 is 11.3 Å². The Morgan fingerprint density at radius 3 is 2.95 bits per heavy atom. The Hall–Kier alpha value is -1.89. The van der Waals surface area contributed by atoms with E-state index in [2.05, 4.69) is 20.8 Å². The first-order chi connectivity index (χ1) is 9.31. The molecule has 2 heterocycles. The molecule has 0 unspecified atom stereocenters. The normalized spacial score (nSPS) is 15.6. The molecule has 2 amide bonds. The molecule has 2 N–H and O–H groups in total. The number of hydrogen-bond donors (Lipinski definition) is 2. The van der Waals surface area contributed by atoms with Crippen molar-refractivity contribution in [3.63, 3.8) is 0 Å². The minimum Gasteiger partial charge on any atom is -0.402 e. The van der Waals surface area contributed by atoms with E-state index in [0.29, 0.717) is 5.89 Å². The molecular formula is C12H14N4O2S. The molecule has 0 aliphatic heterocycles. The highest BCUT2D eigenvalue weighted by molar-refractivity contribution is 7.13. The Balaban J connectivity index is 1.59. The lowest BCUT2D eigenvalue weighted by Gasteiger charge is -2.10. The van der Waals surface area contributed by atoms with Gasteiger partial charge in [0.1, 0.15) is 0 Å². The number of nitrogens with one attached hydrogen (secondary N) is 2. The average molecular weight is 278 g/mol. The van der Waals surface area contributed by atoms with Gasteiger partial charge in [-0.3, -0.25) is 5.32 Å². The lowest BCUT2D eigenvalue weighted by Crippen LogP contribution is -2.36. The van der Waals surface area contributed by atoms with Crippen molar-refractivity contribution in [2.75, 3.05) is 5.32 Å². The predicted molar refractivity (Wildman–Crippen MR) is 72.0 cm³/mol. The van der Waals surface area contributed by atoms with Gasteiger partial charge in [-0.2, -0.15) is 0 Å². The summed E-state index contributed by atoms with van der Waals surface area (Å²) in [4.78, 5) is 12.6. The first-order valence-electron chi connectivity index (χ1n) is 6.26. The summed E-state index contributed by atoms with van der Waals surface area (Å²) in [6, 6.07) is 3.90. The van der Waals surface area contributed by atoms with Gasteiger partial charge >= 0.3 is 12.0 Å². The van der Waals surface area contributed by atoms with Crippen LogP contribution in [0.1, 0.15) is 25.7 Å². The summed E-state index contributed by atoms with van der Waals surface area (Å²) in [5, 5.41) is 15.1. The maximum Gasteiger partial charge on any atom is 0.324 e. The molecule has 0 bridgehead atoms. The van der Waals surface area contributed by atoms with Gasteiger partial charge in [-0.15, -0.1) is 16.4 Å². The topological polar surface area (TPSA) is 80.1 Å². The predicted octanol–water partition coefficient (Wildman–Crippen LogP) is 2.86. The Bertz CT molecular complexity index is 546. The van der Waals surface area contributed by atoms with Crippen LogP contribution in [0.25, 0.3) is 10.8 Å². The summed E-state index contributed by atoms with van der Waals surface area (Å²) in [6.45, 7) is 0. The number of amides is 2. The smallest absolute Gasteiger partial charge is 0.324 e. The number of urea groups is 1. The largest absolute Gasteiger partial charge is 0.402 e. The molecule has 0 spiro atoms. The second-order valence-corrected chi connectivity index (χ2v) is 5.42. The van der Waals surface area contributed by atoms with E-state index in [4.69, 9.17) is 4.42 Å². The summed E-state index contributed by atoms with van der Waals surface area (Å²) >= 11 is 1.51. The van der Waals surface area contributed by atoms with E-state index < -0.39 is 0 Å². The van der Waals surface area contributed by atoms with Crippen LogP contribution in [0.15, 0.2) is 21.9 Å². The summed E-state index contributed by atoms with van der Waals surface area (Å²) < 4.78 is 5.38. The highest BCUT2D eigenvalue weighted by atomic mass is 32.1. The van der Waals surface area contributed by atoms with Crippen LogP contribution in [-0.4, -0.2) is 22.3 Å². The molecule has 0 saturated heterocycles. The van der Waals surface area contributed by atoms with E-state index in [-0.39, 0.29) is 18.1 Å². The fraction of sp³-hybridized carbons (Fsp3) is 0.417. The van der Waals surface area contributed by atoms with Crippen molar-refractivity contribution < 1.29 is 9.21 Å². The van der Waals surface area contributed by atoms with Crippen LogP contribution in [0.3, 0.4) is 0 Å². The molecule has 0 aromatic carbocycles. The van der Waals surface area contributed by atoms with Crippen molar-refractivity contribution >= 4 is 23.4 Å². The van der Waals surface area contributed by atoms with Crippen molar-refractivity contribution in [3.05, 3.63) is 17.5 Å². The Kier molecular flexibility index (Phi) is 3.45. The van der Waals surface area contributed by atoms with E-state index in [1.54, 1.807) is 0 Å². The fourth-order valence-electron chi connectivity index (χ4n) is 2.16. The quantitative estimate of drug-likeness (QED) is 0.904. The van der Waals surface area contributed by atoms with E-state index in [0.717, 1.165) is 17.7 Å². The number of carbonyl (C=O) groups is 1. The van der Waals surface area contributed by atoms with Crippen LogP contribution in [-0.2, 0) is 0 Å². The van der Waals surface area contributed by atoms with Crippen LogP contribution in [0.2, 0.25) is 0 Å². The number of aromatic nitrogens is 2. The zero-order valence-electron chi connectivity index (χ0n) is 10.3. The molecule has 1 aliphatic carbocycles. The molecule has 6 nitrogen and oxygen atoms in total. The van der Waals surface area contributed by atoms with Crippen molar-refractivity contribution in [2.45, 2.75) is 31.7 Å². The van der Waals surface area contributed by atoms with Crippen molar-refractivity contribution in [2.24, 2.45) is 0 Å². The number of thiophene rings is 1. The molecular weight excluding hydrogens is 264 g/mol. The van der Waals surface area contributed by atoms with Gasteiger partial charge in [-0.05, 0) is 24.3 Å². The molecule has 0 atom stereocenters. The average Bonchev–Trinajstić information content (AvgIpc) is 3.09. The fourth-order valence-corrected chi connectivity index (χ4v) is 2.81. The third kappa shape index (κ3) is 2.93. The molecule has 1 aliphatic rings. The minimum atomic E-state index is -0.284. The second-order valence-electron chi connectivity index (χ2n) is 4.47. The minimum absolute atomic E-state index is 0.124. The number of anilines is 1. The highest BCUT2D eigenvalue weighted by Crippen LogP contribution is 2.24. The maximum atomic E-state index is 11.7. The van der Waals surface area contributed by atoms with Gasteiger partial charge in [0.2, 0.25) is 0 Å². The molecule has 7 heteroatoms. The van der Waals surface area contributed by atoms with E-state index in [1.807, 2.05) is 17.5 Å². The second kappa shape index (κ2) is 5.40. The standard InChI is InChI=1S/C12H14N4O2S/c17-11(13-8-4-1-2-5-8)14-12-16-15-10(18-12)9-6-3-7-19-9/h3,6-8H,1-2,4-5H2,(H2,13,14,16,17). The summed E-state index contributed by atoms with van der Waals surface area (Å²) in [7, 11) is 0. The molecule has 19 heavy (non-hydrogen) atoms. The summed E-state index contributed by atoms with van der Waals surface area (Å²) in [5.74, 6) is 0.422. The van der Waals surface area contributed by atoms with Gasteiger partial charge in [0.15, 0.2) is 0 Å². The maximum absolute atomic E-state index is 11.7. The Morgan fingerprint density at radius 2 is 2.21 bits per heavy atom. The third-order valence-electron chi connectivity index (χ3n) is 3.07. The van der Waals surface area contributed by atoms with Crippen LogP contribution in [0.4, 0.5) is 10.8 Å². The van der Waals surface area contributed by atoms with Gasteiger partial charge in [0.25, 0.3) is 5.89 Å². The highest BCUT2D eigenvalue weighted by Gasteiger charge is 2.18. The van der Waals surface area contributed by atoms with Crippen LogP contribution in [0.5, 0.6) is 0 Å². The molecule has 1 saturated carbocycles. The third-order valence-corrected chi connectivity index (χ3v) is 3.93. The van der Waals surface area contributed by atoms with Crippen molar-refractivity contribution in [1.82, 2.24) is 15.5 Å². The lowest BCUT2D eigenvalue weighted by molar-refractivity contribution is 0.248. The molecule has 100 valence electrons. The first-order valence-corrected chi connectivity index (χ1v) is 7.14. The van der Waals surface area contributed by atoms with Gasteiger partial charge in [0, 0.05) is 6.04 Å².